The number of rotatable bonds is 16. The van der Waals surface area contributed by atoms with Crippen LogP contribution in [0.4, 0.5) is 4.79 Å². The SMILES string of the molecule is CCN(C(C)C)S(=O)(=O)CC[C@@H]1O[C@@H]1[C@H](Cc1ccccc1)NC(=O)[C@@H](NC(=O)OCc1ccccc1)C(C)(C)S(C)(=O)=O. The summed E-state index contributed by atoms with van der Waals surface area (Å²) in [6.45, 7) is 8.46. The van der Waals surface area contributed by atoms with Crippen LogP contribution in [0.3, 0.4) is 0 Å². The highest BCUT2D eigenvalue weighted by Gasteiger charge is 2.49. The minimum Gasteiger partial charge on any atom is -0.445 e. The summed E-state index contributed by atoms with van der Waals surface area (Å²) < 4.78 is 62.3. The molecule has 244 valence electrons. The summed E-state index contributed by atoms with van der Waals surface area (Å²) >= 11 is 0. The average molecular weight is 652 g/mol. The zero-order valence-electron chi connectivity index (χ0n) is 26.2. The van der Waals surface area contributed by atoms with E-state index < -0.39 is 60.9 Å². The van der Waals surface area contributed by atoms with Gasteiger partial charge in [-0.1, -0.05) is 67.6 Å². The third-order valence-corrected chi connectivity index (χ3v) is 12.2. The van der Waals surface area contributed by atoms with Gasteiger partial charge in [0.1, 0.15) is 18.8 Å². The van der Waals surface area contributed by atoms with Crippen LogP contribution in [0.2, 0.25) is 0 Å². The van der Waals surface area contributed by atoms with E-state index in [9.17, 15) is 26.4 Å². The van der Waals surface area contributed by atoms with E-state index in [0.717, 1.165) is 17.4 Å². The second kappa shape index (κ2) is 14.9. The number of carbonyl (C=O) groups is 2. The molecule has 2 aromatic rings. The molecule has 2 aromatic carbocycles. The van der Waals surface area contributed by atoms with Gasteiger partial charge in [0.25, 0.3) is 0 Å². The van der Waals surface area contributed by atoms with E-state index in [1.807, 2.05) is 50.2 Å². The molecule has 0 bridgehead atoms. The second-order valence-corrected chi connectivity index (χ2v) is 16.5. The molecule has 44 heavy (non-hydrogen) atoms. The fraction of sp³-hybridized carbons (Fsp3) is 0.548. The molecule has 1 fully saturated rings. The maximum atomic E-state index is 13.8. The maximum Gasteiger partial charge on any atom is 0.408 e. The van der Waals surface area contributed by atoms with Gasteiger partial charge in [0, 0.05) is 18.8 Å². The molecule has 1 aliphatic heterocycles. The molecule has 1 heterocycles. The molecule has 4 atom stereocenters. The van der Waals surface area contributed by atoms with Crippen molar-refractivity contribution < 1.29 is 35.9 Å². The number of amides is 2. The first-order valence-corrected chi connectivity index (χ1v) is 18.2. The summed E-state index contributed by atoms with van der Waals surface area (Å²) in [7, 11) is -7.35. The second-order valence-electron chi connectivity index (χ2n) is 11.9. The summed E-state index contributed by atoms with van der Waals surface area (Å²) in [5.41, 5.74) is 1.62. The van der Waals surface area contributed by atoms with Crippen molar-refractivity contribution in [3.63, 3.8) is 0 Å². The highest BCUT2D eigenvalue weighted by atomic mass is 32.2. The van der Waals surface area contributed by atoms with Crippen molar-refractivity contribution in [2.24, 2.45) is 0 Å². The van der Waals surface area contributed by atoms with Gasteiger partial charge >= 0.3 is 6.09 Å². The van der Waals surface area contributed by atoms with Crippen molar-refractivity contribution >= 4 is 31.9 Å². The van der Waals surface area contributed by atoms with Gasteiger partial charge in [0.05, 0.1) is 22.6 Å². The molecule has 0 aliphatic carbocycles. The molecular formula is C31H45N3O8S2. The first-order valence-electron chi connectivity index (χ1n) is 14.7. The lowest BCUT2D eigenvalue weighted by atomic mass is 9.98. The van der Waals surface area contributed by atoms with Gasteiger partial charge in [-0.25, -0.2) is 21.6 Å². The van der Waals surface area contributed by atoms with Crippen molar-refractivity contribution in [2.45, 2.75) is 89.1 Å². The van der Waals surface area contributed by atoms with Crippen LogP contribution in [0.5, 0.6) is 0 Å². The molecule has 0 aromatic heterocycles. The number of ether oxygens (including phenoxy) is 2. The fourth-order valence-electron chi connectivity index (χ4n) is 5.04. The van der Waals surface area contributed by atoms with E-state index in [-0.39, 0.29) is 24.8 Å². The number of carbonyl (C=O) groups excluding carboxylic acids is 2. The number of alkyl carbamates (subject to hydrolysis) is 1. The number of hydrogen-bond acceptors (Lipinski definition) is 8. The zero-order chi connectivity index (χ0) is 32.7. The normalized spacial score (nSPS) is 18.5. The van der Waals surface area contributed by atoms with Crippen molar-refractivity contribution in [1.82, 2.24) is 14.9 Å². The number of epoxide rings is 1. The summed E-state index contributed by atoms with van der Waals surface area (Å²) in [4.78, 5) is 26.6. The minimum atomic E-state index is -3.85. The summed E-state index contributed by atoms with van der Waals surface area (Å²) in [6, 6.07) is 16.0. The van der Waals surface area contributed by atoms with Crippen LogP contribution in [-0.4, -0.2) is 86.8 Å². The quantitative estimate of drug-likeness (QED) is 0.263. The summed E-state index contributed by atoms with van der Waals surface area (Å²) in [5.74, 6) is -0.832. The van der Waals surface area contributed by atoms with Crippen molar-refractivity contribution in [3.8, 4) is 0 Å². The smallest absolute Gasteiger partial charge is 0.408 e. The fourth-order valence-corrected chi connectivity index (χ4v) is 7.44. The monoisotopic (exact) mass is 651 g/mol. The molecule has 13 heteroatoms. The average Bonchev–Trinajstić information content (AvgIpc) is 3.73. The number of benzene rings is 2. The standard InChI is InChI=1S/C31H45N3O8S2/c1-7-34(22(2)3)44(39,40)19-18-26-27(42-26)25(20-23-14-10-8-11-15-23)32-29(35)28(31(4,5)43(6,37)38)33-30(36)41-21-24-16-12-9-13-17-24/h8-17,22,25-28H,7,18-21H2,1-6H3,(H,32,35)(H,33,36)/t25-,26-,27+,28+/m0/s1. The molecule has 2 amide bonds. The van der Waals surface area contributed by atoms with Gasteiger partial charge in [0.15, 0.2) is 9.84 Å². The van der Waals surface area contributed by atoms with Crippen LogP contribution in [0.1, 0.15) is 52.2 Å². The van der Waals surface area contributed by atoms with Crippen LogP contribution < -0.4 is 10.6 Å². The number of sulfonamides is 1. The lowest BCUT2D eigenvalue weighted by Crippen LogP contribution is -2.62. The van der Waals surface area contributed by atoms with Crippen LogP contribution in [0, 0.1) is 0 Å². The zero-order valence-corrected chi connectivity index (χ0v) is 27.9. The van der Waals surface area contributed by atoms with Crippen molar-refractivity contribution in [1.29, 1.82) is 0 Å². The highest BCUT2D eigenvalue weighted by molar-refractivity contribution is 7.92. The molecule has 0 spiro atoms. The van der Waals surface area contributed by atoms with Crippen molar-refractivity contribution in [3.05, 3.63) is 71.8 Å². The van der Waals surface area contributed by atoms with Crippen LogP contribution in [0.25, 0.3) is 0 Å². The van der Waals surface area contributed by atoms with E-state index >= 15 is 0 Å². The highest BCUT2D eigenvalue weighted by Crippen LogP contribution is 2.32. The van der Waals surface area contributed by atoms with E-state index in [1.165, 1.54) is 18.2 Å². The Balaban J connectivity index is 1.78. The van der Waals surface area contributed by atoms with Crippen LogP contribution >= 0.6 is 0 Å². The van der Waals surface area contributed by atoms with Crippen molar-refractivity contribution in [2.75, 3.05) is 18.6 Å². The molecule has 1 aliphatic rings. The third kappa shape index (κ3) is 9.50. The van der Waals surface area contributed by atoms with Crippen LogP contribution in [-0.2, 0) is 47.2 Å². The summed E-state index contributed by atoms with van der Waals surface area (Å²) in [6.07, 6.45) is -0.284. The van der Waals surface area contributed by atoms with E-state index in [2.05, 4.69) is 10.6 Å². The molecule has 2 N–H and O–H groups in total. The molecule has 3 rings (SSSR count). The molecule has 0 unspecified atom stereocenters. The summed E-state index contributed by atoms with van der Waals surface area (Å²) in [5, 5.41) is 5.38. The first kappa shape index (κ1) is 35.5. The Morgan fingerprint density at radius 1 is 0.955 bits per heavy atom. The Kier molecular flexibility index (Phi) is 12.0. The Morgan fingerprint density at radius 2 is 1.52 bits per heavy atom. The van der Waals surface area contributed by atoms with E-state index in [4.69, 9.17) is 9.47 Å². The predicted molar refractivity (Wildman–Crippen MR) is 169 cm³/mol. The van der Waals surface area contributed by atoms with Gasteiger partial charge in [0.2, 0.25) is 15.9 Å². The largest absolute Gasteiger partial charge is 0.445 e. The number of nitrogens with one attached hydrogen (secondary N) is 2. The van der Waals surface area contributed by atoms with Gasteiger partial charge in [-0.05, 0) is 51.7 Å². The lowest BCUT2D eigenvalue weighted by Gasteiger charge is -2.33. The van der Waals surface area contributed by atoms with Gasteiger partial charge in [-0.15, -0.1) is 0 Å². The lowest BCUT2D eigenvalue weighted by molar-refractivity contribution is -0.124. The van der Waals surface area contributed by atoms with Crippen LogP contribution in [0.15, 0.2) is 60.7 Å². The molecule has 1 saturated heterocycles. The first-order chi connectivity index (χ1) is 20.6. The Hall–Kier alpha value is -3.00. The van der Waals surface area contributed by atoms with E-state index in [0.29, 0.717) is 13.0 Å². The van der Waals surface area contributed by atoms with Gasteiger partial charge < -0.3 is 20.1 Å². The number of nitrogens with zero attached hydrogens (tertiary/aromatic N) is 1. The Bertz CT molecular complexity index is 1470. The topological polar surface area (TPSA) is 151 Å². The maximum absolute atomic E-state index is 13.8. The number of hydrogen-bond donors (Lipinski definition) is 2. The minimum absolute atomic E-state index is 0.0658. The Morgan fingerprint density at radius 3 is 2.05 bits per heavy atom. The molecule has 0 radical (unpaired) electrons. The molecule has 0 saturated carbocycles. The Labute approximate surface area is 261 Å². The van der Waals surface area contributed by atoms with Gasteiger partial charge in [-0.3, -0.25) is 4.79 Å². The molecular weight excluding hydrogens is 606 g/mol. The van der Waals surface area contributed by atoms with E-state index in [1.54, 1.807) is 31.2 Å². The number of sulfone groups is 1. The molecule has 11 nitrogen and oxygen atoms in total. The third-order valence-electron chi connectivity index (χ3n) is 7.94. The van der Waals surface area contributed by atoms with Gasteiger partial charge in [-0.2, -0.15) is 4.31 Å². The predicted octanol–water partition coefficient (Wildman–Crippen LogP) is 3.05.